The van der Waals surface area contributed by atoms with Crippen molar-refractivity contribution in [1.29, 1.82) is 0 Å². The molecule has 1 atom stereocenters. The first-order valence-corrected chi connectivity index (χ1v) is 5.21. The first-order valence-electron chi connectivity index (χ1n) is 5.21. The molecule has 1 aromatic rings. The van der Waals surface area contributed by atoms with Gasteiger partial charge in [-0.25, -0.2) is 0 Å². The van der Waals surface area contributed by atoms with Crippen molar-refractivity contribution in [3.8, 4) is 0 Å². The van der Waals surface area contributed by atoms with Gasteiger partial charge in [-0.1, -0.05) is 13.0 Å². The second kappa shape index (κ2) is 6.93. The van der Waals surface area contributed by atoms with Crippen LogP contribution in [0, 0.1) is 23.0 Å². The van der Waals surface area contributed by atoms with Crippen LogP contribution in [0.5, 0.6) is 0 Å². The summed E-state index contributed by atoms with van der Waals surface area (Å²) in [5, 5.41) is 13.2. The van der Waals surface area contributed by atoms with Crippen molar-refractivity contribution < 1.29 is 9.72 Å². The third-order valence-corrected chi connectivity index (χ3v) is 2.49. The van der Waals surface area contributed by atoms with Crippen LogP contribution in [0.1, 0.15) is 12.5 Å². The van der Waals surface area contributed by atoms with Crippen molar-refractivity contribution in [2.24, 2.45) is 11.7 Å². The number of nitrogens with one attached hydrogen (secondary N) is 1. The van der Waals surface area contributed by atoms with Crippen molar-refractivity contribution in [2.75, 3.05) is 11.9 Å². The van der Waals surface area contributed by atoms with Crippen LogP contribution in [-0.2, 0) is 4.79 Å². The van der Waals surface area contributed by atoms with E-state index in [9.17, 15) is 14.9 Å². The Balaban J connectivity index is 0.00000289. The third kappa shape index (κ3) is 3.97. The highest BCUT2D eigenvalue weighted by atomic mass is 35.5. The van der Waals surface area contributed by atoms with Gasteiger partial charge in [0, 0.05) is 24.6 Å². The quantitative estimate of drug-likeness (QED) is 0.646. The van der Waals surface area contributed by atoms with Gasteiger partial charge in [0.2, 0.25) is 5.91 Å². The maximum Gasteiger partial charge on any atom is 0.271 e. The Morgan fingerprint density at radius 3 is 2.67 bits per heavy atom. The molecule has 0 aliphatic carbocycles. The number of nitrogens with zero attached hydrogens (tertiary/aromatic N) is 1. The molecule has 0 radical (unpaired) electrons. The number of aryl methyl sites for hydroxylation is 1. The summed E-state index contributed by atoms with van der Waals surface area (Å²) in [6.07, 6.45) is 0. The van der Waals surface area contributed by atoms with Gasteiger partial charge < -0.3 is 11.1 Å². The van der Waals surface area contributed by atoms with E-state index >= 15 is 0 Å². The van der Waals surface area contributed by atoms with Gasteiger partial charge in [0.05, 0.1) is 10.6 Å². The Morgan fingerprint density at radius 2 is 2.17 bits per heavy atom. The van der Waals surface area contributed by atoms with Crippen LogP contribution in [0.2, 0.25) is 0 Å². The number of non-ortho nitro benzene ring substituents is 1. The average Bonchev–Trinajstić information content (AvgIpc) is 2.30. The third-order valence-electron chi connectivity index (χ3n) is 2.49. The van der Waals surface area contributed by atoms with Crippen LogP contribution in [-0.4, -0.2) is 17.4 Å². The van der Waals surface area contributed by atoms with Gasteiger partial charge in [0.15, 0.2) is 0 Å². The smallest absolute Gasteiger partial charge is 0.271 e. The first kappa shape index (κ1) is 16.3. The van der Waals surface area contributed by atoms with Crippen LogP contribution >= 0.6 is 12.4 Å². The minimum absolute atomic E-state index is 0. The first-order chi connectivity index (χ1) is 7.95. The van der Waals surface area contributed by atoms with Gasteiger partial charge in [-0.2, -0.15) is 0 Å². The molecule has 1 amide bonds. The van der Waals surface area contributed by atoms with Crippen LogP contribution in [0.25, 0.3) is 0 Å². The van der Waals surface area contributed by atoms with Crippen molar-refractivity contribution in [1.82, 2.24) is 0 Å². The molecule has 0 heterocycles. The maximum atomic E-state index is 11.6. The Bertz CT molecular complexity index is 451. The molecule has 3 N–H and O–H groups in total. The van der Waals surface area contributed by atoms with E-state index in [2.05, 4.69) is 5.32 Å². The summed E-state index contributed by atoms with van der Waals surface area (Å²) in [4.78, 5) is 21.7. The molecule has 1 aromatic carbocycles. The van der Waals surface area contributed by atoms with Gasteiger partial charge >= 0.3 is 0 Å². The summed E-state index contributed by atoms with van der Waals surface area (Å²) in [5.74, 6) is -0.565. The van der Waals surface area contributed by atoms with E-state index in [4.69, 9.17) is 5.73 Å². The molecule has 0 bridgehead atoms. The van der Waals surface area contributed by atoms with Crippen molar-refractivity contribution in [2.45, 2.75) is 13.8 Å². The van der Waals surface area contributed by atoms with E-state index in [1.165, 1.54) is 12.1 Å². The summed E-state index contributed by atoms with van der Waals surface area (Å²) in [7, 11) is 0. The standard InChI is InChI=1S/C11H15N3O3.ClH/c1-7-3-4-9(14(16)17)5-10(7)13-11(15)8(2)6-12;/h3-5,8H,6,12H2,1-2H3,(H,13,15);1H. The van der Waals surface area contributed by atoms with Gasteiger partial charge in [0.25, 0.3) is 5.69 Å². The molecule has 0 aromatic heterocycles. The Kier molecular flexibility index (Phi) is 6.29. The molecule has 0 aliphatic rings. The molecule has 0 aliphatic heterocycles. The zero-order valence-electron chi connectivity index (χ0n) is 10.2. The van der Waals surface area contributed by atoms with Crippen molar-refractivity contribution in [3.05, 3.63) is 33.9 Å². The van der Waals surface area contributed by atoms with Crippen LogP contribution in [0.3, 0.4) is 0 Å². The molecule has 0 saturated carbocycles. The number of carbonyl (C=O) groups excluding carboxylic acids is 1. The maximum absolute atomic E-state index is 11.6. The second-order valence-electron chi connectivity index (χ2n) is 3.88. The molecule has 100 valence electrons. The number of amides is 1. The summed E-state index contributed by atoms with van der Waals surface area (Å²) >= 11 is 0. The van der Waals surface area contributed by atoms with Gasteiger partial charge in [-0.3, -0.25) is 14.9 Å². The van der Waals surface area contributed by atoms with E-state index in [0.717, 1.165) is 5.56 Å². The second-order valence-corrected chi connectivity index (χ2v) is 3.88. The molecule has 0 spiro atoms. The summed E-state index contributed by atoms with van der Waals surface area (Å²) in [6, 6.07) is 4.34. The minimum Gasteiger partial charge on any atom is -0.330 e. The number of benzene rings is 1. The van der Waals surface area contributed by atoms with Crippen molar-refractivity contribution >= 4 is 29.7 Å². The minimum atomic E-state index is -0.499. The number of carbonyl (C=O) groups is 1. The number of hydrogen-bond acceptors (Lipinski definition) is 4. The molecule has 0 saturated heterocycles. The van der Waals surface area contributed by atoms with E-state index < -0.39 is 4.92 Å². The summed E-state index contributed by atoms with van der Waals surface area (Å²) in [6.45, 7) is 3.70. The number of anilines is 1. The Morgan fingerprint density at radius 1 is 1.56 bits per heavy atom. The van der Waals surface area contributed by atoms with Crippen molar-refractivity contribution in [3.63, 3.8) is 0 Å². The lowest BCUT2D eigenvalue weighted by Crippen LogP contribution is -2.26. The van der Waals surface area contributed by atoms with E-state index in [1.807, 2.05) is 0 Å². The summed E-state index contributed by atoms with van der Waals surface area (Å²) in [5.41, 5.74) is 6.54. The zero-order chi connectivity index (χ0) is 13.0. The molecule has 18 heavy (non-hydrogen) atoms. The highest BCUT2D eigenvalue weighted by molar-refractivity contribution is 5.93. The van der Waals surface area contributed by atoms with E-state index in [1.54, 1.807) is 19.9 Å². The van der Waals surface area contributed by atoms with Gasteiger partial charge in [0.1, 0.15) is 0 Å². The van der Waals surface area contributed by atoms with E-state index in [-0.39, 0.29) is 36.5 Å². The highest BCUT2D eigenvalue weighted by Gasteiger charge is 2.14. The highest BCUT2D eigenvalue weighted by Crippen LogP contribution is 2.22. The van der Waals surface area contributed by atoms with Gasteiger partial charge in [-0.05, 0) is 12.5 Å². The lowest BCUT2D eigenvalue weighted by atomic mass is 10.1. The molecule has 1 unspecified atom stereocenters. The fraction of sp³-hybridized carbons (Fsp3) is 0.364. The number of nitro groups is 1. The van der Waals surface area contributed by atoms with Crippen LogP contribution < -0.4 is 11.1 Å². The predicted octanol–water partition coefficient (Wildman–Crippen LogP) is 1.86. The number of halogens is 1. The number of rotatable bonds is 4. The van der Waals surface area contributed by atoms with Crippen LogP contribution in [0.15, 0.2) is 18.2 Å². The fourth-order valence-corrected chi connectivity index (χ4v) is 1.22. The Labute approximate surface area is 111 Å². The lowest BCUT2D eigenvalue weighted by Gasteiger charge is -2.11. The molecule has 0 fully saturated rings. The largest absolute Gasteiger partial charge is 0.330 e. The lowest BCUT2D eigenvalue weighted by molar-refractivity contribution is -0.384. The van der Waals surface area contributed by atoms with Crippen LogP contribution in [0.4, 0.5) is 11.4 Å². The van der Waals surface area contributed by atoms with E-state index in [0.29, 0.717) is 5.69 Å². The molecular weight excluding hydrogens is 258 g/mol. The zero-order valence-corrected chi connectivity index (χ0v) is 11.0. The number of nitro benzene ring substituents is 1. The fourth-order valence-electron chi connectivity index (χ4n) is 1.22. The predicted molar refractivity (Wildman–Crippen MR) is 71.9 cm³/mol. The SMILES string of the molecule is Cc1ccc([N+](=O)[O-])cc1NC(=O)C(C)CN.Cl. The number of hydrogen-bond donors (Lipinski definition) is 2. The number of nitrogens with two attached hydrogens (primary N) is 1. The molecule has 6 nitrogen and oxygen atoms in total. The summed E-state index contributed by atoms with van der Waals surface area (Å²) < 4.78 is 0. The topological polar surface area (TPSA) is 98.3 Å². The molecular formula is C11H16ClN3O3. The molecule has 1 rings (SSSR count). The molecule has 7 heteroatoms. The van der Waals surface area contributed by atoms with Gasteiger partial charge in [-0.15, -0.1) is 12.4 Å². The normalized spacial score (nSPS) is 11.3. The Hall–Kier alpha value is -1.66. The monoisotopic (exact) mass is 273 g/mol. The average molecular weight is 274 g/mol.